The summed E-state index contributed by atoms with van der Waals surface area (Å²) in [5.41, 5.74) is 0. The van der Waals surface area contributed by atoms with E-state index in [-0.39, 0.29) is 6.10 Å². The van der Waals surface area contributed by atoms with E-state index in [1.807, 2.05) is 0 Å². The molecule has 16 heavy (non-hydrogen) atoms. The van der Waals surface area contributed by atoms with Crippen molar-refractivity contribution < 1.29 is 9.84 Å². The average Bonchev–Trinajstić information content (AvgIpc) is 2.29. The van der Waals surface area contributed by atoms with Crippen molar-refractivity contribution in [2.24, 2.45) is 5.92 Å². The van der Waals surface area contributed by atoms with Crippen molar-refractivity contribution in [2.75, 3.05) is 19.7 Å². The Morgan fingerprint density at radius 1 is 1.31 bits per heavy atom. The van der Waals surface area contributed by atoms with Crippen LogP contribution in [0.25, 0.3) is 0 Å². The normalized spacial score (nSPS) is 27.9. The molecule has 0 aliphatic heterocycles. The molecule has 0 bridgehead atoms. The lowest BCUT2D eigenvalue weighted by atomic mass is 9.89. The molecule has 1 unspecified atom stereocenters. The van der Waals surface area contributed by atoms with E-state index in [1.54, 1.807) is 0 Å². The second kappa shape index (κ2) is 8.04. The zero-order valence-corrected chi connectivity index (χ0v) is 10.7. The van der Waals surface area contributed by atoms with Gasteiger partial charge in [0, 0.05) is 6.54 Å². The minimum atomic E-state index is -0.356. The summed E-state index contributed by atoms with van der Waals surface area (Å²) >= 11 is 0. The highest BCUT2D eigenvalue weighted by molar-refractivity contribution is 4.70. The van der Waals surface area contributed by atoms with Crippen molar-refractivity contribution >= 4 is 0 Å². The molecule has 96 valence electrons. The predicted octanol–water partition coefficient (Wildman–Crippen LogP) is 1.94. The van der Waals surface area contributed by atoms with Crippen molar-refractivity contribution in [3.63, 3.8) is 0 Å². The van der Waals surface area contributed by atoms with E-state index < -0.39 is 0 Å². The van der Waals surface area contributed by atoms with Crippen LogP contribution in [0, 0.1) is 5.92 Å². The Morgan fingerprint density at radius 2 is 2.00 bits per heavy atom. The smallest absolute Gasteiger partial charge is 0.0897 e. The molecule has 1 aliphatic rings. The third-order valence-electron chi connectivity index (χ3n) is 3.29. The molecule has 1 rings (SSSR count). The molecule has 3 heteroatoms. The van der Waals surface area contributed by atoms with Gasteiger partial charge in [-0.1, -0.05) is 13.8 Å². The molecule has 0 saturated heterocycles. The van der Waals surface area contributed by atoms with Crippen LogP contribution in [0.1, 0.15) is 46.0 Å². The zero-order chi connectivity index (χ0) is 11.8. The quantitative estimate of drug-likeness (QED) is 0.656. The van der Waals surface area contributed by atoms with Crippen LogP contribution in [-0.4, -0.2) is 37.0 Å². The molecule has 0 spiro atoms. The van der Waals surface area contributed by atoms with Gasteiger partial charge in [0.25, 0.3) is 0 Å². The van der Waals surface area contributed by atoms with E-state index in [0.29, 0.717) is 19.3 Å². The SMILES string of the molecule is CCCNCC(O)COC1CCC(C)CC1. The van der Waals surface area contributed by atoms with Crippen LogP contribution in [0.2, 0.25) is 0 Å². The molecule has 0 aromatic heterocycles. The van der Waals surface area contributed by atoms with E-state index >= 15 is 0 Å². The third-order valence-corrected chi connectivity index (χ3v) is 3.29. The van der Waals surface area contributed by atoms with E-state index in [9.17, 15) is 5.11 Å². The first-order valence-electron chi connectivity index (χ1n) is 6.72. The van der Waals surface area contributed by atoms with Crippen LogP contribution >= 0.6 is 0 Å². The minimum Gasteiger partial charge on any atom is -0.389 e. The molecule has 0 radical (unpaired) electrons. The molecule has 3 nitrogen and oxygen atoms in total. The molecule has 0 aromatic rings. The first-order chi connectivity index (χ1) is 7.72. The van der Waals surface area contributed by atoms with Crippen molar-refractivity contribution in [1.29, 1.82) is 0 Å². The molecule has 0 aromatic carbocycles. The van der Waals surface area contributed by atoms with Gasteiger partial charge < -0.3 is 15.2 Å². The highest BCUT2D eigenvalue weighted by Crippen LogP contribution is 2.25. The number of aliphatic hydroxyl groups excluding tert-OH is 1. The lowest BCUT2D eigenvalue weighted by Gasteiger charge is -2.27. The lowest BCUT2D eigenvalue weighted by Crippen LogP contribution is -2.33. The molecular formula is C13H27NO2. The maximum Gasteiger partial charge on any atom is 0.0897 e. The molecule has 2 N–H and O–H groups in total. The van der Waals surface area contributed by atoms with Crippen LogP contribution < -0.4 is 5.32 Å². The van der Waals surface area contributed by atoms with Crippen LogP contribution in [0.15, 0.2) is 0 Å². The Labute approximate surface area is 99.6 Å². The first kappa shape index (κ1) is 13.9. The van der Waals surface area contributed by atoms with Crippen LogP contribution in [0.5, 0.6) is 0 Å². The van der Waals surface area contributed by atoms with Gasteiger partial charge in [0.1, 0.15) is 0 Å². The average molecular weight is 229 g/mol. The minimum absolute atomic E-state index is 0.356. The number of hydrogen-bond donors (Lipinski definition) is 2. The van der Waals surface area contributed by atoms with Crippen molar-refractivity contribution in [3.8, 4) is 0 Å². The van der Waals surface area contributed by atoms with Gasteiger partial charge >= 0.3 is 0 Å². The number of nitrogens with one attached hydrogen (secondary N) is 1. The van der Waals surface area contributed by atoms with Crippen molar-refractivity contribution in [2.45, 2.75) is 58.2 Å². The van der Waals surface area contributed by atoms with E-state index in [1.165, 1.54) is 12.8 Å². The van der Waals surface area contributed by atoms with E-state index in [2.05, 4.69) is 19.2 Å². The lowest BCUT2D eigenvalue weighted by molar-refractivity contribution is -0.0277. The van der Waals surface area contributed by atoms with Gasteiger partial charge in [-0.15, -0.1) is 0 Å². The Hall–Kier alpha value is -0.120. The van der Waals surface area contributed by atoms with Gasteiger partial charge in [0.2, 0.25) is 0 Å². The van der Waals surface area contributed by atoms with Crippen LogP contribution in [0.4, 0.5) is 0 Å². The summed E-state index contributed by atoms with van der Waals surface area (Å²) in [4.78, 5) is 0. The molecule has 1 fully saturated rings. The Morgan fingerprint density at radius 3 is 2.62 bits per heavy atom. The Balaban J connectivity index is 2.00. The summed E-state index contributed by atoms with van der Waals surface area (Å²) in [5, 5.41) is 12.9. The van der Waals surface area contributed by atoms with Gasteiger partial charge in [-0.3, -0.25) is 0 Å². The molecule has 1 aliphatic carbocycles. The summed E-state index contributed by atoms with van der Waals surface area (Å²) in [5.74, 6) is 0.857. The third kappa shape index (κ3) is 5.83. The highest BCUT2D eigenvalue weighted by atomic mass is 16.5. The summed E-state index contributed by atoms with van der Waals surface area (Å²) < 4.78 is 5.73. The zero-order valence-electron chi connectivity index (χ0n) is 10.7. The maximum absolute atomic E-state index is 9.67. The highest BCUT2D eigenvalue weighted by Gasteiger charge is 2.19. The molecular weight excluding hydrogens is 202 g/mol. The topological polar surface area (TPSA) is 41.5 Å². The monoisotopic (exact) mass is 229 g/mol. The Kier molecular flexibility index (Phi) is 7.01. The largest absolute Gasteiger partial charge is 0.389 e. The second-order valence-electron chi connectivity index (χ2n) is 5.07. The number of ether oxygens (including phenoxy) is 1. The standard InChI is InChI=1S/C13H27NO2/c1-3-8-14-9-12(15)10-16-13-6-4-11(2)5-7-13/h11-15H,3-10H2,1-2H3. The van der Waals surface area contributed by atoms with Gasteiger partial charge in [0.15, 0.2) is 0 Å². The number of hydrogen-bond acceptors (Lipinski definition) is 3. The van der Waals surface area contributed by atoms with Crippen LogP contribution in [-0.2, 0) is 4.74 Å². The molecule has 0 amide bonds. The first-order valence-corrected chi connectivity index (χ1v) is 6.72. The van der Waals surface area contributed by atoms with Crippen molar-refractivity contribution in [3.05, 3.63) is 0 Å². The summed E-state index contributed by atoms with van der Waals surface area (Å²) in [6.45, 7) is 6.53. The maximum atomic E-state index is 9.67. The molecule has 1 atom stereocenters. The fraction of sp³-hybridized carbons (Fsp3) is 1.00. The molecule has 1 saturated carbocycles. The van der Waals surface area contributed by atoms with E-state index in [0.717, 1.165) is 31.7 Å². The fourth-order valence-electron chi connectivity index (χ4n) is 2.15. The number of aliphatic hydroxyl groups is 1. The van der Waals surface area contributed by atoms with Gasteiger partial charge in [0.05, 0.1) is 18.8 Å². The van der Waals surface area contributed by atoms with E-state index in [4.69, 9.17) is 4.74 Å². The van der Waals surface area contributed by atoms with Gasteiger partial charge in [-0.25, -0.2) is 0 Å². The predicted molar refractivity (Wildman–Crippen MR) is 66.5 cm³/mol. The van der Waals surface area contributed by atoms with Gasteiger partial charge in [-0.05, 0) is 44.6 Å². The van der Waals surface area contributed by atoms with Crippen LogP contribution in [0.3, 0.4) is 0 Å². The fourth-order valence-corrected chi connectivity index (χ4v) is 2.15. The molecule has 0 heterocycles. The second-order valence-corrected chi connectivity index (χ2v) is 5.07. The summed E-state index contributed by atoms with van der Waals surface area (Å²) in [7, 11) is 0. The number of rotatable bonds is 7. The van der Waals surface area contributed by atoms with Gasteiger partial charge in [-0.2, -0.15) is 0 Å². The summed E-state index contributed by atoms with van der Waals surface area (Å²) in [6.07, 6.45) is 6.01. The summed E-state index contributed by atoms with van der Waals surface area (Å²) in [6, 6.07) is 0. The van der Waals surface area contributed by atoms with Crippen molar-refractivity contribution in [1.82, 2.24) is 5.32 Å². The Bertz CT molecular complexity index is 167.